The van der Waals surface area contributed by atoms with Gasteiger partial charge in [0.05, 0.1) is 20.5 Å². The summed E-state index contributed by atoms with van der Waals surface area (Å²) in [5.41, 5.74) is 2.84. The summed E-state index contributed by atoms with van der Waals surface area (Å²) in [6.45, 7) is 4.48. The summed E-state index contributed by atoms with van der Waals surface area (Å²) in [5, 5.41) is 8.03. The van der Waals surface area contributed by atoms with Crippen molar-refractivity contribution in [2.24, 2.45) is 0 Å². The minimum absolute atomic E-state index is 0.490. The molecule has 0 aliphatic carbocycles. The molecule has 1 aromatic carbocycles. The Balaban J connectivity index is 1.73. The van der Waals surface area contributed by atoms with Crippen molar-refractivity contribution in [1.82, 2.24) is 19.6 Å². The van der Waals surface area contributed by atoms with Gasteiger partial charge in [-0.3, -0.25) is 0 Å². The Kier molecular flexibility index (Phi) is 4.60. The van der Waals surface area contributed by atoms with Crippen LogP contribution in [-0.4, -0.2) is 33.8 Å². The molecule has 0 spiro atoms. The SMILES string of the molecule is COc1ccc(OC)c(CNc2c(C)c(C)nc3nc(-c4ccco4)nn23)c1. The third-order valence-electron chi connectivity index (χ3n) is 4.64. The van der Waals surface area contributed by atoms with E-state index < -0.39 is 0 Å². The van der Waals surface area contributed by atoms with E-state index in [1.54, 1.807) is 31.1 Å². The summed E-state index contributed by atoms with van der Waals surface area (Å²) in [5.74, 6) is 3.96. The maximum Gasteiger partial charge on any atom is 0.255 e. The molecule has 0 aliphatic heterocycles. The molecule has 0 bridgehead atoms. The van der Waals surface area contributed by atoms with Gasteiger partial charge in [0.25, 0.3) is 5.78 Å². The lowest BCUT2D eigenvalue weighted by Gasteiger charge is -2.15. The number of nitrogens with one attached hydrogen (secondary N) is 1. The first-order valence-electron chi connectivity index (χ1n) is 8.83. The lowest BCUT2D eigenvalue weighted by Crippen LogP contribution is -2.10. The molecule has 0 saturated heterocycles. The number of nitrogens with zero attached hydrogens (tertiary/aromatic N) is 4. The van der Waals surface area contributed by atoms with Crippen LogP contribution in [0.4, 0.5) is 5.82 Å². The van der Waals surface area contributed by atoms with Gasteiger partial charge in [0.1, 0.15) is 17.3 Å². The minimum atomic E-state index is 0.490. The van der Waals surface area contributed by atoms with E-state index in [1.807, 2.05) is 38.1 Å². The highest BCUT2D eigenvalue weighted by Crippen LogP contribution is 2.27. The highest BCUT2D eigenvalue weighted by molar-refractivity contribution is 5.57. The van der Waals surface area contributed by atoms with Crippen LogP contribution in [0.25, 0.3) is 17.4 Å². The Hall–Kier alpha value is -3.55. The highest BCUT2D eigenvalue weighted by Gasteiger charge is 2.16. The van der Waals surface area contributed by atoms with Crippen molar-refractivity contribution >= 4 is 11.6 Å². The second kappa shape index (κ2) is 7.22. The fourth-order valence-electron chi connectivity index (χ4n) is 3.01. The van der Waals surface area contributed by atoms with E-state index in [9.17, 15) is 0 Å². The van der Waals surface area contributed by atoms with E-state index in [0.29, 0.717) is 23.9 Å². The summed E-state index contributed by atoms with van der Waals surface area (Å²) in [6.07, 6.45) is 1.60. The molecule has 144 valence electrons. The topological polar surface area (TPSA) is 86.7 Å². The fourth-order valence-corrected chi connectivity index (χ4v) is 3.01. The molecule has 0 atom stereocenters. The van der Waals surface area contributed by atoms with Gasteiger partial charge in [0, 0.05) is 23.4 Å². The van der Waals surface area contributed by atoms with Crippen LogP contribution in [0.15, 0.2) is 41.0 Å². The second-order valence-corrected chi connectivity index (χ2v) is 6.33. The van der Waals surface area contributed by atoms with Crippen molar-refractivity contribution in [3.05, 3.63) is 53.4 Å². The molecule has 3 aromatic heterocycles. The maximum atomic E-state index is 5.47. The zero-order valence-corrected chi connectivity index (χ0v) is 16.2. The number of hydrogen-bond acceptors (Lipinski definition) is 7. The molecule has 0 radical (unpaired) electrons. The number of aryl methyl sites for hydroxylation is 1. The van der Waals surface area contributed by atoms with E-state index in [-0.39, 0.29) is 0 Å². The molecule has 4 rings (SSSR count). The third kappa shape index (κ3) is 3.13. The number of anilines is 1. The number of furan rings is 1. The Morgan fingerprint density at radius 2 is 1.96 bits per heavy atom. The van der Waals surface area contributed by atoms with Crippen molar-refractivity contribution in [3.8, 4) is 23.1 Å². The second-order valence-electron chi connectivity index (χ2n) is 6.33. The van der Waals surface area contributed by atoms with Gasteiger partial charge in [0.15, 0.2) is 5.76 Å². The Bertz CT molecular complexity index is 1120. The van der Waals surface area contributed by atoms with Gasteiger partial charge in [-0.2, -0.15) is 9.50 Å². The predicted octanol–water partition coefficient (Wildman–Crippen LogP) is 3.63. The van der Waals surface area contributed by atoms with Crippen LogP contribution >= 0.6 is 0 Å². The molecule has 0 amide bonds. The number of benzene rings is 1. The van der Waals surface area contributed by atoms with Crippen LogP contribution in [0.2, 0.25) is 0 Å². The minimum Gasteiger partial charge on any atom is -0.497 e. The van der Waals surface area contributed by atoms with Crippen molar-refractivity contribution < 1.29 is 13.9 Å². The first-order valence-corrected chi connectivity index (χ1v) is 8.83. The monoisotopic (exact) mass is 379 g/mol. The van der Waals surface area contributed by atoms with Gasteiger partial charge >= 0.3 is 0 Å². The quantitative estimate of drug-likeness (QED) is 0.547. The Labute approximate surface area is 162 Å². The van der Waals surface area contributed by atoms with Gasteiger partial charge in [-0.1, -0.05) is 0 Å². The number of methoxy groups -OCH3 is 2. The lowest BCUT2D eigenvalue weighted by molar-refractivity contribution is 0.399. The maximum absolute atomic E-state index is 5.47. The van der Waals surface area contributed by atoms with E-state index in [2.05, 4.69) is 20.4 Å². The molecule has 0 fully saturated rings. The van der Waals surface area contributed by atoms with Gasteiger partial charge in [-0.05, 0) is 44.2 Å². The fraction of sp³-hybridized carbons (Fsp3) is 0.250. The van der Waals surface area contributed by atoms with Crippen LogP contribution in [0.3, 0.4) is 0 Å². The van der Waals surface area contributed by atoms with Crippen molar-refractivity contribution in [2.45, 2.75) is 20.4 Å². The Morgan fingerprint density at radius 1 is 1.11 bits per heavy atom. The predicted molar refractivity (Wildman–Crippen MR) is 105 cm³/mol. The summed E-state index contributed by atoms with van der Waals surface area (Å²) >= 11 is 0. The average Bonchev–Trinajstić information content (AvgIpc) is 3.37. The molecule has 28 heavy (non-hydrogen) atoms. The summed E-state index contributed by atoms with van der Waals surface area (Å²) in [7, 11) is 3.29. The molecule has 0 aliphatic rings. The summed E-state index contributed by atoms with van der Waals surface area (Å²) in [4.78, 5) is 9.04. The standard InChI is InChI=1S/C20H21N5O3/c1-12-13(2)22-20-23-18(17-6-5-9-28-17)24-25(20)19(12)21-11-14-10-15(26-3)7-8-16(14)27-4/h5-10,21H,11H2,1-4H3. The molecule has 8 nitrogen and oxygen atoms in total. The van der Waals surface area contributed by atoms with Crippen molar-refractivity contribution in [3.63, 3.8) is 0 Å². The first-order chi connectivity index (χ1) is 13.6. The molecule has 0 unspecified atom stereocenters. The van der Waals surface area contributed by atoms with Crippen LogP contribution in [0.1, 0.15) is 16.8 Å². The van der Waals surface area contributed by atoms with E-state index in [1.165, 1.54) is 0 Å². The van der Waals surface area contributed by atoms with Gasteiger partial charge in [-0.15, -0.1) is 5.10 Å². The average molecular weight is 379 g/mol. The van der Waals surface area contributed by atoms with Crippen LogP contribution in [0, 0.1) is 13.8 Å². The number of aromatic nitrogens is 4. The van der Waals surface area contributed by atoms with Crippen LogP contribution in [0.5, 0.6) is 11.5 Å². The first kappa shape index (κ1) is 17.8. The number of fused-ring (bicyclic) bond motifs is 1. The molecular weight excluding hydrogens is 358 g/mol. The molecule has 4 aromatic rings. The van der Waals surface area contributed by atoms with E-state index in [0.717, 1.165) is 34.1 Å². The normalized spacial score (nSPS) is 11.0. The highest BCUT2D eigenvalue weighted by atomic mass is 16.5. The molecular formula is C20H21N5O3. The van der Waals surface area contributed by atoms with Gasteiger partial charge < -0.3 is 19.2 Å². The smallest absolute Gasteiger partial charge is 0.255 e. The largest absolute Gasteiger partial charge is 0.497 e. The number of rotatable bonds is 6. The zero-order valence-electron chi connectivity index (χ0n) is 16.2. The van der Waals surface area contributed by atoms with Crippen molar-refractivity contribution in [1.29, 1.82) is 0 Å². The molecule has 1 N–H and O–H groups in total. The summed E-state index contributed by atoms with van der Waals surface area (Å²) < 4.78 is 17.9. The van der Waals surface area contributed by atoms with Gasteiger partial charge in [-0.25, -0.2) is 4.98 Å². The Morgan fingerprint density at radius 3 is 2.68 bits per heavy atom. The zero-order chi connectivity index (χ0) is 19.7. The molecule has 0 saturated carbocycles. The van der Waals surface area contributed by atoms with E-state index >= 15 is 0 Å². The summed E-state index contributed by atoms with van der Waals surface area (Å²) in [6, 6.07) is 9.33. The molecule has 3 heterocycles. The van der Waals surface area contributed by atoms with Crippen LogP contribution < -0.4 is 14.8 Å². The van der Waals surface area contributed by atoms with Crippen molar-refractivity contribution in [2.75, 3.05) is 19.5 Å². The van der Waals surface area contributed by atoms with Crippen LogP contribution in [-0.2, 0) is 6.54 Å². The molecule has 8 heteroatoms. The third-order valence-corrected chi connectivity index (χ3v) is 4.64. The number of ether oxygens (including phenoxy) is 2. The van der Waals surface area contributed by atoms with E-state index in [4.69, 9.17) is 13.9 Å². The number of hydrogen-bond donors (Lipinski definition) is 1. The van der Waals surface area contributed by atoms with Gasteiger partial charge in [0.2, 0.25) is 5.82 Å². The lowest BCUT2D eigenvalue weighted by atomic mass is 10.1.